The molecule has 1 aromatic heterocycles. The summed E-state index contributed by atoms with van der Waals surface area (Å²) >= 11 is 0. The number of aromatic amines is 1. The highest BCUT2D eigenvalue weighted by Gasteiger charge is 2.40. The third-order valence-corrected chi connectivity index (χ3v) is 7.17. The number of nitrogens with one attached hydrogen (secondary N) is 1. The first kappa shape index (κ1) is 18.7. The summed E-state index contributed by atoms with van der Waals surface area (Å²) in [6.07, 6.45) is 2.87. The number of hydrogen-bond acceptors (Lipinski definition) is 4. The lowest BCUT2D eigenvalue weighted by molar-refractivity contribution is -0.134. The number of sulfone groups is 1. The van der Waals surface area contributed by atoms with Crippen molar-refractivity contribution in [1.29, 1.82) is 0 Å². The summed E-state index contributed by atoms with van der Waals surface area (Å²) in [6, 6.07) is 7.79. The molecule has 0 spiro atoms. The summed E-state index contributed by atoms with van der Waals surface area (Å²) in [6.45, 7) is 1.09. The first-order valence-corrected chi connectivity index (χ1v) is 11.1. The standard InChI is InChI=1S/C20H23N3O4S/c1-22(2)20(25)18-9-14-6-5-13(8-17(14)21-18)15-4-3-7-23(10-15)19(24)16-11-28(26,27)12-16/h4-6,8-9,16,21H,3,7,10-12H2,1-2H3. The van der Waals surface area contributed by atoms with Crippen molar-refractivity contribution in [3.63, 3.8) is 0 Å². The van der Waals surface area contributed by atoms with Crippen molar-refractivity contribution in [3.8, 4) is 0 Å². The summed E-state index contributed by atoms with van der Waals surface area (Å²) in [5.41, 5.74) is 3.45. The van der Waals surface area contributed by atoms with Gasteiger partial charge in [-0.1, -0.05) is 18.2 Å². The predicted octanol–water partition coefficient (Wildman–Crippen LogP) is 1.53. The zero-order chi connectivity index (χ0) is 20.1. The Hall–Kier alpha value is -2.61. The number of aromatic nitrogens is 1. The van der Waals surface area contributed by atoms with Crippen LogP contribution in [0.1, 0.15) is 22.5 Å². The molecule has 0 unspecified atom stereocenters. The molecule has 1 saturated heterocycles. The molecular formula is C20H23N3O4S. The molecule has 0 bridgehead atoms. The van der Waals surface area contributed by atoms with Gasteiger partial charge >= 0.3 is 0 Å². The van der Waals surface area contributed by atoms with E-state index in [1.54, 1.807) is 19.0 Å². The molecule has 8 heteroatoms. The molecule has 2 aliphatic rings. The van der Waals surface area contributed by atoms with E-state index < -0.39 is 15.8 Å². The molecule has 28 heavy (non-hydrogen) atoms. The summed E-state index contributed by atoms with van der Waals surface area (Å²) in [5, 5.41) is 0.956. The highest BCUT2D eigenvalue weighted by Crippen LogP contribution is 2.28. The van der Waals surface area contributed by atoms with Crippen LogP contribution in [0.2, 0.25) is 0 Å². The number of nitrogens with zero attached hydrogens (tertiary/aromatic N) is 2. The fourth-order valence-corrected chi connectivity index (χ4v) is 5.20. The Kier molecular flexibility index (Phi) is 4.53. The Bertz CT molecular complexity index is 1090. The maximum atomic E-state index is 12.6. The van der Waals surface area contributed by atoms with Gasteiger partial charge in [0.2, 0.25) is 5.91 Å². The fraction of sp³-hybridized carbons (Fsp3) is 0.400. The van der Waals surface area contributed by atoms with Gasteiger partial charge in [0.15, 0.2) is 9.84 Å². The number of carbonyl (C=O) groups excluding carboxylic acids is 2. The van der Waals surface area contributed by atoms with Crippen molar-refractivity contribution >= 4 is 38.1 Å². The molecular weight excluding hydrogens is 378 g/mol. The van der Waals surface area contributed by atoms with Crippen molar-refractivity contribution in [1.82, 2.24) is 14.8 Å². The highest BCUT2D eigenvalue weighted by atomic mass is 32.2. The van der Waals surface area contributed by atoms with E-state index in [-0.39, 0.29) is 23.3 Å². The Balaban J connectivity index is 1.53. The van der Waals surface area contributed by atoms with Crippen LogP contribution in [0, 0.1) is 5.92 Å². The van der Waals surface area contributed by atoms with Crippen LogP contribution < -0.4 is 0 Å². The third-order valence-electron chi connectivity index (χ3n) is 5.35. The van der Waals surface area contributed by atoms with Crippen molar-refractivity contribution in [2.24, 2.45) is 5.92 Å². The van der Waals surface area contributed by atoms with Gasteiger partial charge in [0.05, 0.1) is 17.4 Å². The number of benzene rings is 1. The van der Waals surface area contributed by atoms with E-state index >= 15 is 0 Å². The molecule has 1 aromatic carbocycles. The lowest BCUT2D eigenvalue weighted by atomic mass is 9.99. The van der Waals surface area contributed by atoms with Gasteiger partial charge in [0, 0.05) is 38.1 Å². The number of fused-ring (bicyclic) bond motifs is 1. The van der Waals surface area contributed by atoms with Crippen molar-refractivity contribution in [2.75, 3.05) is 38.7 Å². The van der Waals surface area contributed by atoms with Gasteiger partial charge < -0.3 is 14.8 Å². The molecule has 1 fully saturated rings. The van der Waals surface area contributed by atoms with E-state index in [0.717, 1.165) is 28.5 Å². The van der Waals surface area contributed by atoms with Crippen LogP contribution in [-0.2, 0) is 14.6 Å². The topological polar surface area (TPSA) is 90.6 Å². The molecule has 0 atom stereocenters. The molecule has 148 valence electrons. The lowest BCUT2D eigenvalue weighted by Crippen LogP contribution is -2.49. The Labute approximate surface area is 163 Å². The fourth-order valence-electron chi connectivity index (χ4n) is 3.79. The van der Waals surface area contributed by atoms with Crippen molar-refractivity contribution in [3.05, 3.63) is 41.6 Å². The number of H-pyrrole nitrogens is 1. The molecule has 0 radical (unpaired) electrons. The van der Waals surface area contributed by atoms with Crippen LogP contribution in [0.15, 0.2) is 30.3 Å². The molecule has 2 amide bonds. The lowest BCUT2D eigenvalue weighted by Gasteiger charge is -2.34. The van der Waals surface area contributed by atoms with Crippen molar-refractivity contribution in [2.45, 2.75) is 6.42 Å². The zero-order valence-electron chi connectivity index (χ0n) is 15.9. The van der Waals surface area contributed by atoms with Gasteiger partial charge in [-0.2, -0.15) is 0 Å². The largest absolute Gasteiger partial charge is 0.351 e. The second kappa shape index (κ2) is 6.77. The number of rotatable bonds is 3. The van der Waals surface area contributed by atoms with Gasteiger partial charge in [0.1, 0.15) is 5.69 Å². The summed E-state index contributed by atoms with van der Waals surface area (Å²) in [7, 11) is 0.414. The summed E-state index contributed by atoms with van der Waals surface area (Å²) in [5.74, 6) is -0.603. The average molecular weight is 401 g/mol. The van der Waals surface area contributed by atoms with Crippen molar-refractivity contribution < 1.29 is 18.0 Å². The van der Waals surface area contributed by atoms with E-state index in [2.05, 4.69) is 11.1 Å². The van der Waals surface area contributed by atoms with E-state index in [1.807, 2.05) is 24.3 Å². The predicted molar refractivity (Wildman–Crippen MR) is 108 cm³/mol. The zero-order valence-corrected chi connectivity index (χ0v) is 16.8. The Morgan fingerprint density at radius 3 is 2.61 bits per heavy atom. The smallest absolute Gasteiger partial charge is 0.269 e. The molecule has 7 nitrogen and oxygen atoms in total. The van der Waals surface area contributed by atoms with Gasteiger partial charge in [-0.25, -0.2) is 8.42 Å². The van der Waals surface area contributed by atoms with Gasteiger partial charge in [-0.05, 0) is 29.7 Å². The minimum absolute atomic E-state index is 0.0293. The molecule has 0 aliphatic carbocycles. The molecule has 2 aromatic rings. The molecule has 1 N–H and O–H groups in total. The number of amides is 2. The number of hydrogen-bond donors (Lipinski definition) is 1. The second-order valence-corrected chi connectivity index (χ2v) is 9.89. The van der Waals surface area contributed by atoms with Crippen LogP contribution >= 0.6 is 0 Å². The minimum atomic E-state index is -3.01. The van der Waals surface area contributed by atoms with Gasteiger partial charge in [0.25, 0.3) is 5.91 Å². The monoisotopic (exact) mass is 401 g/mol. The molecule has 0 saturated carbocycles. The van der Waals surface area contributed by atoms with Crippen LogP contribution in [0.3, 0.4) is 0 Å². The van der Waals surface area contributed by atoms with E-state index in [0.29, 0.717) is 18.8 Å². The quantitative estimate of drug-likeness (QED) is 0.845. The third kappa shape index (κ3) is 3.44. The second-order valence-electron chi connectivity index (χ2n) is 7.74. The minimum Gasteiger partial charge on any atom is -0.351 e. The Morgan fingerprint density at radius 1 is 1.18 bits per heavy atom. The summed E-state index contributed by atoms with van der Waals surface area (Å²) < 4.78 is 22.7. The van der Waals surface area contributed by atoms with E-state index in [9.17, 15) is 18.0 Å². The van der Waals surface area contributed by atoms with E-state index in [4.69, 9.17) is 0 Å². The van der Waals surface area contributed by atoms with Crippen LogP contribution in [0.25, 0.3) is 16.5 Å². The SMILES string of the molecule is CN(C)C(=O)c1cc2ccc(C3=CCCN(C(=O)C4CS(=O)(=O)C4)C3)cc2[nH]1. The number of carbonyl (C=O) groups is 2. The summed E-state index contributed by atoms with van der Waals surface area (Å²) in [4.78, 5) is 31.2. The maximum absolute atomic E-state index is 12.6. The maximum Gasteiger partial charge on any atom is 0.269 e. The highest BCUT2D eigenvalue weighted by molar-refractivity contribution is 7.92. The average Bonchev–Trinajstić information content (AvgIpc) is 3.08. The van der Waals surface area contributed by atoms with Crippen LogP contribution in [0.4, 0.5) is 0 Å². The first-order chi connectivity index (χ1) is 13.2. The van der Waals surface area contributed by atoms with E-state index in [1.165, 1.54) is 4.90 Å². The Morgan fingerprint density at radius 2 is 1.93 bits per heavy atom. The van der Waals surface area contributed by atoms with Gasteiger partial charge in [-0.3, -0.25) is 9.59 Å². The molecule has 2 aliphatic heterocycles. The van der Waals surface area contributed by atoms with Crippen LogP contribution in [-0.4, -0.2) is 73.7 Å². The first-order valence-electron chi connectivity index (χ1n) is 9.26. The van der Waals surface area contributed by atoms with Crippen LogP contribution in [0.5, 0.6) is 0 Å². The normalized spacial score (nSPS) is 19.2. The molecule has 3 heterocycles. The molecule has 4 rings (SSSR count). The van der Waals surface area contributed by atoms with Gasteiger partial charge in [-0.15, -0.1) is 0 Å².